The number of halogens is 1. The first-order valence-corrected chi connectivity index (χ1v) is 9.74. The largest absolute Gasteiger partial charge is 0.388 e. The van der Waals surface area contributed by atoms with Gasteiger partial charge in [0.05, 0.1) is 16.9 Å². The van der Waals surface area contributed by atoms with E-state index in [1.807, 2.05) is 6.92 Å². The lowest BCUT2D eigenvalue weighted by Crippen LogP contribution is -2.69. The number of amides is 1. The van der Waals surface area contributed by atoms with E-state index in [2.05, 4.69) is 10.6 Å². The number of hydrogen-bond donors (Lipinski definition) is 3. The van der Waals surface area contributed by atoms with Crippen LogP contribution in [0.15, 0.2) is 0 Å². The zero-order valence-electron chi connectivity index (χ0n) is 13.6. The lowest BCUT2D eigenvalue weighted by atomic mass is 9.73. The fourth-order valence-corrected chi connectivity index (χ4v) is 3.88. The van der Waals surface area contributed by atoms with Crippen LogP contribution in [0.4, 0.5) is 0 Å². The molecule has 0 aromatic heterocycles. The van der Waals surface area contributed by atoms with E-state index >= 15 is 0 Å². The van der Waals surface area contributed by atoms with E-state index in [0.717, 1.165) is 19.3 Å². The van der Waals surface area contributed by atoms with Gasteiger partial charge in [-0.05, 0) is 39.3 Å². The monoisotopic (exact) mass is 370 g/mol. The molecule has 23 heavy (non-hydrogen) atoms. The molecule has 3 N–H and O–H groups in total. The summed E-state index contributed by atoms with van der Waals surface area (Å²) in [6.07, 6.45) is 2.12. The van der Waals surface area contributed by atoms with Crippen molar-refractivity contribution in [2.75, 3.05) is 31.7 Å². The number of ether oxygens (including phenoxy) is 1. The first-order chi connectivity index (χ1) is 10.2. The maximum atomic E-state index is 12.0. The minimum Gasteiger partial charge on any atom is -0.388 e. The van der Waals surface area contributed by atoms with E-state index in [1.165, 1.54) is 0 Å². The molecule has 7 nitrogen and oxygen atoms in total. The highest BCUT2D eigenvalue weighted by Gasteiger charge is 2.52. The van der Waals surface area contributed by atoms with Crippen molar-refractivity contribution in [1.29, 1.82) is 0 Å². The number of rotatable bonds is 4. The zero-order valence-corrected chi connectivity index (χ0v) is 15.3. The van der Waals surface area contributed by atoms with Crippen molar-refractivity contribution in [3.05, 3.63) is 0 Å². The Hall–Kier alpha value is -0.410. The van der Waals surface area contributed by atoms with Gasteiger partial charge in [-0.25, -0.2) is 8.42 Å². The summed E-state index contributed by atoms with van der Waals surface area (Å²) in [4.78, 5) is 12.0. The van der Waals surface area contributed by atoms with Gasteiger partial charge in [0, 0.05) is 19.3 Å². The molecule has 0 bridgehead atoms. The first-order valence-electron chi connectivity index (χ1n) is 7.68. The molecule has 0 unspecified atom stereocenters. The Balaban J connectivity index is 0.00000264. The summed E-state index contributed by atoms with van der Waals surface area (Å²) in [6.45, 7) is 3.83. The molecule has 136 valence electrons. The van der Waals surface area contributed by atoms with Crippen molar-refractivity contribution >= 4 is 28.2 Å². The topological polar surface area (TPSA) is 105 Å². The number of sulfone groups is 1. The van der Waals surface area contributed by atoms with Crippen LogP contribution in [0.2, 0.25) is 0 Å². The fourth-order valence-electron chi connectivity index (χ4n) is 3.32. The second-order valence-corrected chi connectivity index (χ2v) is 8.92. The molecule has 0 aliphatic carbocycles. The number of aliphatic hydroxyl groups is 1. The Morgan fingerprint density at radius 2 is 1.96 bits per heavy atom. The van der Waals surface area contributed by atoms with Crippen LogP contribution in [0.3, 0.4) is 0 Å². The Morgan fingerprint density at radius 3 is 2.52 bits per heavy atom. The fraction of sp³-hybridized carbons (Fsp3) is 0.929. The smallest absolute Gasteiger partial charge is 0.221 e. The molecule has 2 rings (SSSR count). The van der Waals surface area contributed by atoms with Crippen LogP contribution in [-0.4, -0.2) is 68.4 Å². The summed E-state index contributed by atoms with van der Waals surface area (Å²) in [5.74, 6) is -0.533. The normalized spacial score (nSPS) is 30.5. The Kier molecular flexibility index (Phi) is 6.86. The van der Waals surface area contributed by atoms with Crippen molar-refractivity contribution in [1.82, 2.24) is 10.6 Å². The van der Waals surface area contributed by atoms with Gasteiger partial charge in [0.2, 0.25) is 5.91 Å². The van der Waals surface area contributed by atoms with Gasteiger partial charge in [-0.15, -0.1) is 12.4 Å². The Labute approximate surface area is 143 Å². The molecular formula is C14H27ClN2O5S. The second-order valence-electron chi connectivity index (χ2n) is 6.66. The predicted octanol–water partition coefficient (Wildman–Crippen LogP) is -0.379. The summed E-state index contributed by atoms with van der Waals surface area (Å²) in [5.41, 5.74) is -1.41. The number of piperidine rings is 1. The molecule has 9 heteroatoms. The van der Waals surface area contributed by atoms with Gasteiger partial charge < -0.3 is 20.5 Å². The minimum absolute atomic E-state index is 0. The molecule has 2 aliphatic heterocycles. The molecular weight excluding hydrogens is 344 g/mol. The van der Waals surface area contributed by atoms with Crippen molar-refractivity contribution in [3.63, 3.8) is 0 Å². The molecule has 2 aliphatic rings. The number of hydrogen-bond acceptors (Lipinski definition) is 6. The van der Waals surface area contributed by atoms with Gasteiger partial charge in [0.25, 0.3) is 0 Å². The summed E-state index contributed by atoms with van der Waals surface area (Å²) < 4.78 is 28.2. The molecule has 1 spiro atoms. The lowest BCUT2D eigenvalue weighted by molar-refractivity contribution is -0.200. The molecule has 2 saturated heterocycles. The number of nitrogens with one attached hydrogen (secondary N) is 2. The van der Waals surface area contributed by atoms with Crippen LogP contribution >= 0.6 is 12.4 Å². The van der Waals surface area contributed by atoms with E-state index in [9.17, 15) is 18.3 Å². The van der Waals surface area contributed by atoms with E-state index < -0.39 is 27.1 Å². The highest BCUT2D eigenvalue weighted by atomic mass is 35.5. The van der Waals surface area contributed by atoms with Crippen molar-refractivity contribution in [3.8, 4) is 0 Å². The first kappa shape index (κ1) is 20.6. The molecule has 2 fully saturated rings. The lowest BCUT2D eigenvalue weighted by Gasteiger charge is -2.52. The van der Waals surface area contributed by atoms with Gasteiger partial charge in [-0.2, -0.15) is 0 Å². The maximum Gasteiger partial charge on any atom is 0.221 e. The zero-order chi connectivity index (χ0) is 16.4. The van der Waals surface area contributed by atoms with Gasteiger partial charge in [-0.1, -0.05) is 0 Å². The average molecular weight is 371 g/mol. The van der Waals surface area contributed by atoms with Gasteiger partial charge in [0.1, 0.15) is 15.9 Å². The Morgan fingerprint density at radius 1 is 1.35 bits per heavy atom. The van der Waals surface area contributed by atoms with Crippen LogP contribution in [0, 0.1) is 0 Å². The van der Waals surface area contributed by atoms with Crippen LogP contribution in [0.1, 0.15) is 32.6 Å². The van der Waals surface area contributed by atoms with Crippen LogP contribution in [0.25, 0.3) is 0 Å². The van der Waals surface area contributed by atoms with Crippen LogP contribution in [-0.2, 0) is 19.4 Å². The molecule has 0 aromatic carbocycles. The predicted molar refractivity (Wildman–Crippen MR) is 89.5 cm³/mol. The number of carbonyl (C=O) groups is 1. The van der Waals surface area contributed by atoms with Gasteiger partial charge in [-0.3, -0.25) is 4.79 Å². The third kappa shape index (κ3) is 5.03. The van der Waals surface area contributed by atoms with Gasteiger partial charge >= 0.3 is 0 Å². The number of carbonyl (C=O) groups excluding carboxylic acids is 1. The highest BCUT2D eigenvalue weighted by Crippen LogP contribution is 2.38. The molecule has 0 saturated carbocycles. The molecule has 1 amide bonds. The summed E-state index contributed by atoms with van der Waals surface area (Å²) in [5, 5.41) is 16.9. The molecule has 0 radical (unpaired) electrons. The highest BCUT2D eigenvalue weighted by molar-refractivity contribution is 7.90. The van der Waals surface area contributed by atoms with Crippen LogP contribution in [0.5, 0.6) is 0 Å². The standard InChI is InChI=1S/C14H26N2O5S.ClH/c1-13(16-11(17)3-10-22(2,19)20)6-9-21-14(12(13)18)4-7-15-8-5-14;/h12,15,18H,3-10H2,1-2H3,(H,16,17);1H/t12-,13+;/m0./s1. The van der Waals surface area contributed by atoms with Crippen molar-refractivity contribution in [2.24, 2.45) is 0 Å². The molecule has 2 heterocycles. The second kappa shape index (κ2) is 7.65. The van der Waals surface area contributed by atoms with E-state index in [-0.39, 0.29) is 30.5 Å². The molecule has 2 atom stereocenters. The van der Waals surface area contributed by atoms with Crippen LogP contribution < -0.4 is 10.6 Å². The minimum atomic E-state index is -3.18. The van der Waals surface area contributed by atoms with Crippen molar-refractivity contribution in [2.45, 2.75) is 49.9 Å². The van der Waals surface area contributed by atoms with Gasteiger partial charge in [0.15, 0.2) is 0 Å². The SMILES string of the molecule is C[C@@]1(NC(=O)CCS(C)(=O)=O)CCOC2(CCNCC2)[C@H]1O.Cl. The van der Waals surface area contributed by atoms with E-state index in [0.29, 0.717) is 25.9 Å². The molecule has 0 aromatic rings. The quantitative estimate of drug-likeness (QED) is 0.623. The summed E-state index contributed by atoms with van der Waals surface area (Å²) in [7, 11) is -3.18. The summed E-state index contributed by atoms with van der Waals surface area (Å²) >= 11 is 0. The maximum absolute atomic E-state index is 12.0. The van der Waals surface area contributed by atoms with E-state index in [4.69, 9.17) is 4.74 Å². The van der Waals surface area contributed by atoms with E-state index in [1.54, 1.807) is 0 Å². The summed E-state index contributed by atoms with van der Waals surface area (Å²) in [6, 6.07) is 0. The Bertz CT molecular complexity index is 516. The third-order valence-corrected chi connectivity index (χ3v) is 5.63. The third-order valence-electron chi connectivity index (χ3n) is 4.69. The number of aliphatic hydroxyl groups excluding tert-OH is 1. The van der Waals surface area contributed by atoms with Crippen molar-refractivity contribution < 1.29 is 23.1 Å². The average Bonchev–Trinajstić information content (AvgIpc) is 2.43.